The Labute approximate surface area is 153 Å². The zero-order chi connectivity index (χ0) is 17.0. The molecule has 0 radical (unpaired) electrons. The first-order chi connectivity index (χ1) is 12.2. The zero-order valence-corrected chi connectivity index (χ0v) is 15.3. The highest BCUT2D eigenvalue weighted by Crippen LogP contribution is 2.38. The molecule has 9 heteroatoms. The summed E-state index contributed by atoms with van der Waals surface area (Å²) in [5.74, 6) is 3.23. The maximum absolute atomic E-state index is 4.76. The normalized spacial score (nSPS) is 17.8. The number of fused-ring (bicyclic) bond motifs is 1. The van der Waals surface area contributed by atoms with Crippen LogP contribution in [-0.4, -0.2) is 56.0 Å². The second-order valence-corrected chi connectivity index (χ2v) is 7.58. The minimum Gasteiger partial charge on any atom is -0.351 e. The van der Waals surface area contributed by atoms with E-state index >= 15 is 0 Å². The van der Waals surface area contributed by atoms with E-state index in [1.807, 2.05) is 23.7 Å². The predicted octanol–water partition coefficient (Wildman–Crippen LogP) is 1.88. The number of rotatable bonds is 4. The van der Waals surface area contributed by atoms with Crippen molar-refractivity contribution >= 4 is 33.3 Å². The summed E-state index contributed by atoms with van der Waals surface area (Å²) in [6.45, 7) is 1.80. The third-order valence-corrected chi connectivity index (χ3v) is 5.28. The lowest BCUT2D eigenvalue weighted by atomic mass is 10.1. The molecule has 5 rings (SSSR count). The third-order valence-electron chi connectivity index (χ3n) is 4.87. The maximum atomic E-state index is 4.76. The van der Waals surface area contributed by atoms with Gasteiger partial charge in [-0.05, 0) is 40.9 Å². The molecule has 1 aliphatic carbocycles. The van der Waals surface area contributed by atoms with E-state index in [2.05, 4.69) is 45.9 Å². The summed E-state index contributed by atoms with van der Waals surface area (Å²) in [6.07, 6.45) is 5.93. The fraction of sp³-hybridized carbons (Fsp3) is 0.438. The van der Waals surface area contributed by atoms with Crippen LogP contribution >= 0.6 is 15.9 Å². The van der Waals surface area contributed by atoms with E-state index in [1.165, 1.54) is 12.8 Å². The molecule has 2 fully saturated rings. The van der Waals surface area contributed by atoms with Gasteiger partial charge in [-0.1, -0.05) is 0 Å². The first-order valence-electron chi connectivity index (χ1n) is 8.37. The van der Waals surface area contributed by atoms with Crippen LogP contribution in [0.5, 0.6) is 0 Å². The van der Waals surface area contributed by atoms with Gasteiger partial charge in [0.15, 0.2) is 11.5 Å². The highest BCUT2D eigenvalue weighted by atomic mass is 79.9. The Kier molecular flexibility index (Phi) is 3.37. The fourth-order valence-corrected chi connectivity index (χ4v) is 3.30. The van der Waals surface area contributed by atoms with E-state index in [1.54, 1.807) is 12.4 Å². The molecule has 0 amide bonds. The van der Waals surface area contributed by atoms with E-state index in [4.69, 9.17) is 5.10 Å². The Morgan fingerprint density at radius 3 is 2.60 bits per heavy atom. The molecule has 0 bridgehead atoms. The number of hydrogen-bond donors (Lipinski definition) is 0. The number of hydrogen-bond acceptors (Lipinski definition) is 7. The first kappa shape index (κ1) is 15.0. The number of nitrogens with zero attached hydrogens (tertiary/aromatic N) is 8. The predicted molar refractivity (Wildman–Crippen MR) is 96.9 cm³/mol. The van der Waals surface area contributed by atoms with Crippen molar-refractivity contribution < 1.29 is 0 Å². The Bertz CT molecular complexity index is 914. The van der Waals surface area contributed by atoms with Crippen LogP contribution in [0, 0.1) is 0 Å². The van der Waals surface area contributed by atoms with Crippen LogP contribution in [0.1, 0.15) is 24.6 Å². The number of anilines is 2. The summed E-state index contributed by atoms with van der Waals surface area (Å²) >= 11 is 3.37. The van der Waals surface area contributed by atoms with Crippen molar-refractivity contribution in [1.82, 2.24) is 29.8 Å². The van der Waals surface area contributed by atoms with Crippen LogP contribution in [0.2, 0.25) is 0 Å². The van der Waals surface area contributed by atoms with Gasteiger partial charge < -0.3 is 9.80 Å². The van der Waals surface area contributed by atoms with Crippen LogP contribution < -0.4 is 9.80 Å². The highest BCUT2D eigenvalue weighted by Gasteiger charge is 2.33. The molecule has 1 saturated carbocycles. The van der Waals surface area contributed by atoms with Crippen LogP contribution in [0.3, 0.4) is 0 Å². The standard InChI is InChI=1S/C16H17BrN8/c1-23(16-18-6-11(17)7-19-16)12-8-24(9-12)14-5-4-13-20-21-15(10-2-3-10)25(13)22-14/h4-7,10,12H,2-3,8-9H2,1H3. The molecule has 0 aromatic carbocycles. The van der Waals surface area contributed by atoms with Crippen molar-refractivity contribution in [3.63, 3.8) is 0 Å². The summed E-state index contributed by atoms with van der Waals surface area (Å²) in [6, 6.07) is 4.39. The van der Waals surface area contributed by atoms with Crippen molar-refractivity contribution in [3.8, 4) is 0 Å². The number of likely N-dealkylation sites (N-methyl/N-ethyl adjacent to an activating group) is 1. The zero-order valence-electron chi connectivity index (χ0n) is 13.7. The van der Waals surface area contributed by atoms with Crippen molar-refractivity contribution in [2.24, 2.45) is 0 Å². The second kappa shape index (κ2) is 5.62. The topological polar surface area (TPSA) is 75.3 Å². The first-order valence-corrected chi connectivity index (χ1v) is 9.16. The van der Waals surface area contributed by atoms with Gasteiger partial charge in [0, 0.05) is 38.4 Å². The quantitative estimate of drug-likeness (QED) is 0.661. The van der Waals surface area contributed by atoms with Gasteiger partial charge in [0.2, 0.25) is 5.95 Å². The molecule has 25 heavy (non-hydrogen) atoms. The lowest BCUT2D eigenvalue weighted by Gasteiger charge is -2.44. The van der Waals surface area contributed by atoms with Crippen LogP contribution in [0.4, 0.5) is 11.8 Å². The Morgan fingerprint density at radius 1 is 1.12 bits per heavy atom. The van der Waals surface area contributed by atoms with E-state index < -0.39 is 0 Å². The molecule has 3 aromatic rings. The SMILES string of the molecule is CN(c1ncc(Br)cn1)C1CN(c2ccc3nnc(C4CC4)n3n2)C1. The maximum Gasteiger partial charge on any atom is 0.225 e. The molecule has 0 spiro atoms. The monoisotopic (exact) mass is 400 g/mol. The minimum absolute atomic E-state index is 0.377. The molecule has 0 atom stereocenters. The van der Waals surface area contributed by atoms with Crippen LogP contribution in [-0.2, 0) is 0 Å². The van der Waals surface area contributed by atoms with Gasteiger partial charge >= 0.3 is 0 Å². The smallest absolute Gasteiger partial charge is 0.225 e. The summed E-state index contributed by atoms with van der Waals surface area (Å²) in [5.41, 5.74) is 0.822. The average molecular weight is 401 g/mol. The molecular weight excluding hydrogens is 384 g/mol. The van der Waals surface area contributed by atoms with Crippen LogP contribution in [0.25, 0.3) is 5.65 Å². The molecule has 128 valence electrons. The van der Waals surface area contributed by atoms with E-state index in [9.17, 15) is 0 Å². The van der Waals surface area contributed by atoms with Gasteiger partial charge in [-0.3, -0.25) is 0 Å². The Balaban J connectivity index is 1.32. The summed E-state index contributed by atoms with van der Waals surface area (Å²) in [4.78, 5) is 13.1. The third kappa shape index (κ3) is 2.62. The van der Waals surface area contributed by atoms with Gasteiger partial charge in [0.1, 0.15) is 5.82 Å². The second-order valence-electron chi connectivity index (χ2n) is 6.67. The molecule has 3 aromatic heterocycles. The van der Waals surface area contributed by atoms with Crippen molar-refractivity contribution in [1.29, 1.82) is 0 Å². The summed E-state index contributed by atoms with van der Waals surface area (Å²) in [7, 11) is 2.03. The lowest BCUT2D eigenvalue weighted by Crippen LogP contribution is -2.59. The molecule has 4 heterocycles. The van der Waals surface area contributed by atoms with Crippen molar-refractivity contribution in [2.45, 2.75) is 24.8 Å². The van der Waals surface area contributed by atoms with Gasteiger partial charge in [0.05, 0.1) is 10.5 Å². The molecular formula is C16H17BrN8. The van der Waals surface area contributed by atoms with Crippen LogP contribution in [0.15, 0.2) is 29.0 Å². The van der Waals surface area contributed by atoms with Crippen molar-refractivity contribution in [2.75, 3.05) is 29.9 Å². The van der Waals surface area contributed by atoms with E-state index in [0.29, 0.717) is 12.0 Å². The molecule has 2 aliphatic rings. The highest BCUT2D eigenvalue weighted by molar-refractivity contribution is 9.10. The van der Waals surface area contributed by atoms with E-state index in [0.717, 1.165) is 40.8 Å². The lowest BCUT2D eigenvalue weighted by molar-refractivity contribution is 0.483. The Morgan fingerprint density at radius 2 is 1.88 bits per heavy atom. The number of aromatic nitrogens is 6. The number of halogens is 1. The molecule has 0 unspecified atom stereocenters. The van der Waals surface area contributed by atoms with Gasteiger partial charge in [-0.2, -0.15) is 4.52 Å². The minimum atomic E-state index is 0.377. The molecule has 8 nitrogen and oxygen atoms in total. The largest absolute Gasteiger partial charge is 0.351 e. The van der Waals surface area contributed by atoms with Gasteiger partial charge in [0.25, 0.3) is 0 Å². The van der Waals surface area contributed by atoms with Gasteiger partial charge in [-0.25, -0.2) is 9.97 Å². The molecule has 0 N–H and O–H groups in total. The van der Waals surface area contributed by atoms with E-state index in [-0.39, 0.29) is 0 Å². The fourth-order valence-electron chi connectivity index (χ4n) is 3.10. The van der Waals surface area contributed by atoms with Crippen molar-refractivity contribution in [3.05, 3.63) is 34.8 Å². The van der Waals surface area contributed by atoms with Gasteiger partial charge in [-0.15, -0.1) is 15.3 Å². The summed E-state index contributed by atoms with van der Waals surface area (Å²) < 4.78 is 2.79. The Hall–Kier alpha value is -2.29. The molecule has 1 saturated heterocycles. The average Bonchev–Trinajstić information content (AvgIpc) is 3.33. The molecule has 1 aliphatic heterocycles. The summed E-state index contributed by atoms with van der Waals surface area (Å²) in [5, 5.41) is 13.3.